The zero-order valence-corrected chi connectivity index (χ0v) is 14.8. The van der Waals surface area contributed by atoms with Gasteiger partial charge in [0.05, 0.1) is 0 Å². The number of guanidine groups is 1. The predicted octanol–water partition coefficient (Wildman–Crippen LogP) is 2.01. The van der Waals surface area contributed by atoms with Gasteiger partial charge in [-0.15, -0.1) is 0 Å². The fourth-order valence-corrected chi connectivity index (χ4v) is 2.53. The molecule has 2 N–H and O–H groups in total. The van der Waals surface area contributed by atoms with Crippen LogP contribution in [0.2, 0.25) is 5.02 Å². The number of benzene rings is 1. The van der Waals surface area contributed by atoms with Crippen LogP contribution in [-0.4, -0.2) is 50.5 Å². The number of nitrogens with one attached hydrogen (secondary N) is 2. The van der Waals surface area contributed by atoms with E-state index in [4.69, 9.17) is 11.6 Å². The number of amides is 1. The lowest BCUT2D eigenvalue weighted by Gasteiger charge is -2.19. The van der Waals surface area contributed by atoms with Crippen LogP contribution in [0.1, 0.15) is 25.3 Å². The topological polar surface area (TPSA) is 56.7 Å². The number of likely N-dealkylation sites (N-methyl/N-ethyl adjacent to an activating group) is 1. The summed E-state index contributed by atoms with van der Waals surface area (Å²) in [5.74, 6) is 0.670. The van der Waals surface area contributed by atoms with Crippen LogP contribution in [0.15, 0.2) is 29.3 Å². The standard InChI is InChI=1S/C17H25ClN4O/c1-4-19-16(20-11-15(23)22(2)3)21-12-17(9-10-17)13-5-7-14(18)8-6-13/h5-8H,4,9-12H2,1-3H3,(H2,19,20,21). The molecule has 2 rings (SSSR count). The summed E-state index contributed by atoms with van der Waals surface area (Å²) in [6, 6.07) is 8.06. The predicted molar refractivity (Wildman–Crippen MR) is 95.0 cm³/mol. The third-order valence-corrected chi connectivity index (χ3v) is 4.37. The van der Waals surface area contributed by atoms with E-state index in [1.165, 1.54) is 5.56 Å². The van der Waals surface area contributed by atoms with Crippen molar-refractivity contribution in [3.05, 3.63) is 34.9 Å². The van der Waals surface area contributed by atoms with Crippen LogP contribution in [0, 0.1) is 0 Å². The highest BCUT2D eigenvalue weighted by molar-refractivity contribution is 6.30. The van der Waals surface area contributed by atoms with Gasteiger partial charge in [0.2, 0.25) is 5.91 Å². The molecule has 0 aromatic heterocycles. The fourth-order valence-electron chi connectivity index (χ4n) is 2.40. The molecule has 1 saturated carbocycles. The van der Waals surface area contributed by atoms with E-state index < -0.39 is 0 Å². The van der Waals surface area contributed by atoms with E-state index in [1.54, 1.807) is 19.0 Å². The van der Waals surface area contributed by atoms with Crippen LogP contribution in [0.5, 0.6) is 0 Å². The zero-order valence-electron chi connectivity index (χ0n) is 14.0. The summed E-state index contributed by atoms with van der Waals surface area (Å²) in [4.78, 5) is 17.6. The zero-order chi connectivity index (χ0) is 16.9. The molecular weight excluding hydrogens is 312 g/mol. The minimum Gasteiger partial charge on any atom is -0.357 e. The van der Waals surface area contributed by atoms with Crippen molar-refractivity contribution in [2.75, 3.05) is 33.7 Å². The maximum atomic E-state index is 11.7. The molecule has 1 fully saturated rings. The largest absolute Gasteiger partial charge is 0.357 e. The van der Waals surface area contributed by atoms with Crippen molar-refractivity contribution in [3.8, 4) is 0 Å². The summed E-state index contributed by atoms with van der Waals surface area (Å²) in [6.07, 6.45) is 2.30. The van der Waals surface area contributed by atoms with Gasteiger partial charge in [0, 0.05) is 37.6 Å². The van der Waals surface area contributed by atoms with Gasteiger partial charge in [-0.2, -0.15) is 0 Å². The number of hydrogen-bond acceptors (Lipinski definition) is 2. The van der Waals surface area contributed by atoms with Crippen molar-refractivity contribution < 1.29 is 4.79 Å². The first-order valence-corrected chi connectivity index (χ1v) is 8.33. The lowest BCUT2D eigenvalue weighted by Crippen LogP contribution is -2.42. The second-order valence-corrected chi connectivity index (χ2v) is 6.56. The average Bonchev–Trinajstić information content (AvgIpc) is 3.31. The maximum Gasteiger partial charge on any atom is 0.243 e. The summed E-state index contributed by atoms with van der Waals surface area (Å²) >= 11 is 5.97. The van der Waals surface area contributed by atoms with Crippen LogP contribution in [0.25, 0.3) is 0 Å². The van der Waals surface area contributed by atoms with Crippen LogP contribution < -0.4 is 10.6 Å². The molecule has 0 bridgehead atoms. The summed E-state index contributed by atoms with van der Waals surface area (Å²) in [5.41, 5.74) is 1.46. The molecule has 0 spiro atoms. The molecule has 0 saturated heterocycles. The number of carbonyl (C=O) groups is 1. The molecule has 23 heavy (non-hydrogen) atoms. The molecule has 1 aromatic rings. The summed E-state index contributed by atoms with van der Waals surface area (Å²) in [7, 11) is 3.47. The van der Waals surface area contributed by atoms with Crippen LogP contribution in [0.3, 0.4) is 0 Å². The third-order valence-electron chi connectivity index (χ3n) is 4.12. The van der Waals surface area contributed by atoms with Gasteiger partial charge < -0.3 is 15.5 Å². The highest BCUT2D eigenvalue weighted by atomic mass is 35.5. The van der Waals surface area contributed by atoms with E-state index in [0.29, 0.717) is 5.96 Å². The van der Waals surface area contributed by atoms with E-state index in [2.05, 4.69) is 27.8 Å². The van der Waals surface area contributed by atoms with Gasteiger partial charge in [0.15, 0.2) is 5.96 Å². The van der Waals surface area contributed by atoms with Crippen molar-refractivity contribution in [2.45, 2.75) is 25.2 Å². The van der Waals surface area contributed by atoms with Crippen LogP contribution in [0.4, 0.5) is 0 Å². The molecule has 0 heterocycles. The lowest BCUT2D eigenvalue weighted by molar-refractivity contribution is -0.127. The SMILES string of the molecule is CCNC(=NCC(=O)N(C)C)NCC1(c2ccc(Cl)cc2)CC1. The summed E-state index contributed by atoms with van der Waals surface area (Å²) in [5, 5.41) is 7.31. The Morgan fingerprint density at radius 2 is 1.91 bits per heavy atom. The van der Waals surface area contributed by atoms with Crippen molar-refractivity contribution in [1.29, 1.82) is 0 Å². The molecule has 5 nitrogen and oxygen atoms in total. The number of hydrogen-bond donors (Lipinski definition) is 2. The van der Waals surface area contributed by atoms with Crippen molar-refractivity contribution in [3.63, 3.8) is 0 Å². The van der Waals surface area contributed by atoms with Crippen LogP contribution in [-0.2, 0) is 10.2 Å². The van der Waals surface area contributed by atoms with Gasteiger partial charge in [0.1, 0.15) is 6.54 Å². The van der Waals surface area contributed by atoms with E-state index in [1.807, 2.05) is 19.1 Å². The highest BCUT2D eigenvalue weighted by Gasteiger charge is 2.44. The van der Waals surface area contributed by atoms with Crippen LogP contribution >= 0.6 is 11.6 Å². The Morgan fingerprint density at radius 1 is 1.26 bits per heavy atom. The number of rotatable bonds is 6. The third kappa shape index (κ3) is 4.86. The molecule has 1 aromatic carbocycles. The van der Waals surface area contributed by atoms with Crippen molar-refractivity contribution in [1.82, 2.24) is 15.5 Å². The molecule has 126 valence electrons. The number of aliphatic imine (C=N–C) groups is 1. The monoisotopic (exact) mass is 336 g/mol. The summed E-state index contributed by atoms with van der Waals surface area (Å²) in [6.45, 7) is 3.72. The molecular formula is C17H25ClN4O. The average molecular weight is 337 g/mol. The quantitative estimate of drug-likeness (QED) is 0.617. The normalized spacial score (nSPS) is 15.9. The Morgan fingerprint density at radius 3 is 2.43 bits per heavy atom. The van der Waals surface area contributed by atoms with E-state index in [0.717, 1.165) is 31.0 Å². The Kier molecular flexibility index (Phi) is 5.88. The van der Waals surface area contributed by atoms with Gasteiger partial charge >= 0.3 is 0 Å². The fraction of sp³-hybridized carbons (Fsp3) is 0.529. The first-order valence-electron chi connectivity index (χ1n) is 7.95. The molecule has 0 unspecified atom stereocenters. The minimum atomic E-state index is -0.0129. The van der Waals surface area contributed by atoms with Gasteiger partial charge in [0.25, 0.3) is 0 Å². The van der Waals surface area contributed by atoms with Gasteiger partial charge in [-0.25, -0.2) is 4.99 Å². The summed E-state index contributed by atoms with van der Waals surface area (Å²) < 4.78 is 0. The van der Waals surface area contributed by atoms with Crippen molar-refractivity contribution in [2.24, 2.45) is 4.99 Å². The Hall–Kier alpha value is -1.75. The second-order valence-electron chi connectivity index (χ2n) is 6.12. The smallest absolute Gasteiger partial charge is 0.243 e. The van der Waals surface area contributed by atoms with Gasteiger partial charge in [-0.3, -0.25) is 4.79 Å². The molecule has 1 aliphatic carbocycles. The Balaban J connectivity index is 1.97. The Bertz CT molecular complexity index is 564. The number of carbonyl (C=O) groups excluding carboxylic acids is 1. The number of halogens is 1. The highest BCUT2D eigenvalue weighted by Crippen LogP contribution is 2.47. The minimum absolute atomic E-state index is 0.0129. The molecule has 1 aliphatic rings. The van der Waals surface area contributed by atoms with E-state index >= 15 is 0 Å². The first-order chi connectivity index (χ1) is 11.0. The van der Waals surface area contributed by atoms with Gasteiger partial charge in [-0.1, -0.05) is 23.7 Å². The van der Waals surface area contributed by atoms with E-state index in [-0.39, 0.29) is 17.9 Å². The first kappa shape index (κ1) is 17.6. The second kappa shape index (κ2) is 7.68. The Labute approximate surface area is 143 Å². The lowest BCUT2D eigenvalue weighted by atomic mass is 9.96. The maximum absolute atomic E-state index is 11.7. The van der Waals surface area contributed by atoms with E-state index in [9.17, 15) is 4.79 Å². The van der Waals surface area contributed by atoms with Gasteiger partial charge in [-0.05, 0) is 37.5 Å². The number of nitrogens with zero attached hydrogens (tertiary/aromatic N) is 2. The molecule has 0 atom stereocenters. The molecule has 0 aliphatic heterocycles. The molecule has 1 amide bonds. The molecule has 6 heteroatoms. The van der Waals surface area contributed by atoms with Crippen molar-refractivity contribution >= 4 is 23.5 Å². The molecule has 0 radical (unpaired) electrons.